The number of aryl methyl sites for hydroxylation is 2. The molecule has 0 radical (unpaired) electrons. The minimum atomic E-state index is -3.56. The van der Waals surface area contributed by atoms with E-state index < -0.39 is 10.0 Å². The zero-order valence-corrected chi connectivity index (χ0v) is 14.0. The van der Waals surface area contributed by atoms with E-state index in [-0.39, 0.29) is 10.9 Å². The van der Waals surface area contributed by atoms with Crippen molar-refractivity contribution in [3.63, 3.8) is 0 Å². The first-order chi connectivity index (χ1) is 10.9. The van der Waals surface area contributed by atoms with E-state index in [0.29, 0.717) is 24.9 Å². The third-order valence-corrected chi connectivity index (χ3v) is 6.52. The van der Waals surface area contributed by atoms with Crippen molar-refractivity contribution in [2.45, 2.75) is 30.7 Å². The second-order valence-electron chi connectivity index (χ2n) is 6.54. The minimum absolute atomic E-state index is 0.0611. The van der Waals surface area contributed by atoms with Gasteiger partial charge in [0, 0.05) is 32.3 Å². The lowest BCUT2D eigenvalue weighted by Gasteiger charge is -2.14. The Kier molecular flexibility index (Phi) is 3.31. The highest BCUT2D eigenvalue weighted by molar-refractivity contribution is 7.89. The Morgan fingerprint density at radius 1 is 1.30 bits per heavy atom. The molecule has 2 aromatic rings. The number of nitrogens with one attached hydrogen (secondary N) is 1. The van der Waals surface area contributed by atoms with Gasteiger partial charge < -0.3 is 0 Å². The molecule has 124 valence electrons. The van der Waals surface area contributed by atoms with Crippen molar-refractivity contribution < 1.29 is 8.42 Å². The van der Waals surface area contributed by atoms with E-state index in [1.54, 1.807) is 23.6 Å². The van der Waals surface area contributed by atoms with Gasteiger partial charge in [-0.05, 0) is 37.7 Å². The molecular formula is C14H20N6O2S. The smallest absolute Gasteiger partial charge is 0.262 e. The molecule has 2 fully saturated rings. The van der Waals surface area contributed by atoms with Gasteiger partial charge in [-0.25, -0.2) is 13.4 Å². The fourth-order valence-electron chi connectivity index (χ4n) is 3.45. The zero-order valence-electron chi connectivity index (χ0n) is 13.2. The van der Waals surface area contributed by atoms with Crippen LogP contribution in [0.25, 0.3) is 0 Å². The minimum Gasteiger partial charge on any atom is -0.274 e. The summed E-state index contributed by atoms with van der Waals surface area (Å²) in [4.78, 5) is 4.44. The van der Waals surface area contributed by atoms with Crippen molar-refractivity contribution in [1.29, 1.82) is 0 Å². The number of hydrogen-bond acceptors (Lipinski definition) is 5. The monoisotopic (exact) mass is 336 g/mol. The van der Waals surface area contributed by atoms with Crippen LogP contribution in [-0.4, -0.2) is 50.8 Å². The lowest BCUT2D eigenvalue weighted by molar-refractivity contribution is 0.422. The fourth-order valence-corrected chi connectivity index (χ4v) is 4.91. The molecule has 0 amide bonds. The van der Waals surface area contributed by atoms with E-state index >= 15 is 0 Å². The van der Waals surface area contributed by atoms with Gasteiger partial charge in [-0.2, -0.15) is 14.5 Å². The standard InChI is InChI=1S/C14H20N6O2S/c1-9-15-14(17-16-9)12-8-20(7-11(12)10-3-4-10)23(21,22)13-5-6-19(2)18-13/h5-6,10-12H,3-4,7-8H2,1-2H3,(H,15,16,17)/t11-,12+/m0/s1. The zero-order chi connectivity index (χ0) is 16.2. The Bertz CT molecular complexity index is 822. The van der Waals surface area contributed by atoms with Crippen molar-refractivity contribution in [3.8, 4) is 0 Å². The van der Waals surface area contributed by atoms with Gasteiger partial charge in [0.1, 0.15) is 5.82 Å². The molecule has 23 heavy (non-hydrogen) atoms. The fraction of sp³-hybridized carbons (Fsp3) is 0.643. The molecule has 0 unspecified atom stereocenters. The molecule has 3 heterocycles. The van der Waals surface area contributed by atoms with Crippen LogP contribution in [0.3, 0.4) is 0 Å². The summed E-state index contributed by atoms with van der Waals surface area (Å²) in [6.07, 6.45) is 3.99. The van der Waals surface area contributed by atoms with Crippen LogP contribution >= 0.6 is 0 Å². The van der Waals surface area contributed by atoms with E-state index in [2.05, 4.69) is 20.3 Å². The number of hydrogen-bond donors (Lipinski definition) is 1. The van der Waals surface area contributed by atoms with Gasteiger partial charge in [-0.15, -0.1) is 0 Å². The molecule has 0 aromatic carbocycles. The number of nitrogens with zero attached hydrogens (tertiary/aromatic N) is 5. The van der Waals surface area contributed by atoms with E-state index in [1.165, 1.54) is 17.5 Å². The van der Waals surface area contributed by atoms with Crippen molar-refractivity contribution in [3.05, 3.63) is 23.9 Å². The highest BCUT2D eigenvalue weighted by Gasteiger charge is 2.48. The van der Waals surface area contributed by atoms with Crippen molar-refractivity contribution in [1.82, 2.24) is 29.3 Å². The Morgan fingerprint density at radius 2 is 2.09 bits per heavy atom. The van der Waals surface area contributed by atoms with Crippen molar-refractivity contribution in [2.24, 2.45) is 18.9 Å². The Morgan fingerprint density at radius 3 is 2.65 bits per heavy atom. The normalized spacial score (nSPS) is 26.0. The van der Waals surface area contributed by atoms with Crippen LogP contribution in [0.2, 0.25) is 0 Å². The predicted octanol–water partition coefficient (Wildman–Crippen LogP) is 0.661. The summed E-state index contributed by atoms with van der Waals surface area (Å²) < 4.78 is 28.7. The molecule has 1 aliphatic carbocycles. The molecule has 4 rings (SSSR count). The topological polar surface area (TPSA) is 96.8 Å². The SMILES string of the molecule is Cc1nc([C@@H]2CN(S(=O)(=O)c3ccn(C)n3)C[C@H]2C2CC2)n[nH]1. The molecule has 2 aliphatic rings. The van der Waals surface area contributed by atoms with Gasteiger partial charge in [0.05, 0.1) is 0 Å². The molecule has 9 heteroatoms. The van der Waals surface area contributed by atoms with Crippen molar-refractivity contribution in [2.75, 3.05) is 13.1 Å². The van der Waals surface area contributed by atoms with E-state index in [9.17, 15) is 8.42 Å². The molecule has 0 bridgehead atoms. The number of H-pyrrole nitrogens is 1. The molecule has 1 saturated heterocycles. The maximum atomic E-state index is 12.8. The second kappa shape index (κ2) is 5.13. The maximum Gasteiger partial charge on any atom is 0.262 e. The van der Waals surface area contributed by atoms with Gasteiger partial charge in [-0.3, -0.25) is 9.78 Å². The summed E-state index contributed by atoms with van der Waals surface area (Å²) in [6.45, 7) is 2.82. The Labute approximate surface area is 135 Å². The first-order valence-electron chi connectivity index (χ1n) is 7.84. The van der Waals surface area contributed by atoms with E-state index in [4.69, 9.17) is 0 Å². The first kappa shape index (κ1) is 14.8. The largest absolute Gasteiger partial charge is 0.274 e. The third kappa shape index (κ3) is 2.57. The summed E-state index contributed by atoms with van der Waals surface area (Å²) in [7, 11) is -1.84. The molecule has 1 saturated carbocycles. The molecule has 1 aliphatic heterocycles. The van der Waals surface area contributed by atoms with Gasteiger partial charge >= 0.3 is 0 Å². The average molecular weight is 336 g/mol. The summed E-state index contributed by atoms with van der Waals surface area (Å²) in [5, 5.41) is 11.3. The number of aromatic nitrogens is 5. The summed E-state index contributed by atoms with van der Waals surface area (Å²) >= 11 is 0. The summed E-state index contributed by atoms with van der Waals surface area (Å²) in [5.74, 6) is 2.44. The molecule has 2 aromatic heterocycles. The van der Waals surface area contributed by atoms with Crippen LogP contribution in [0.4, 0.5) is 0 Å². The van der Waals surface area contributed by atoms with Crippen LogP contribution < -0.4 is 0 Å². The predicted molar refractivity (Wildman–Crippen MR) is 82.0 cm³/mol. The first-order valence-corrected chi connectivity index (χ1v) is 9.28. The van der Waals surface area contributed by atoms with Gasteiger partial charge in [0.25, 0.3) is 10.0 Å². The molecule has 8 nitrogen and oxygen atoms in total. The maximum absolute atomic E-state index is 12.8. The number of sulfonamides is 1. The molecule has 2 atom stereocenters. The van der Waals surface area contributed by atoms with Gasteiger partial charge in [-0.1, -0.05) is 0 Å². The highest BCUT2D eigenvalue weighted by atomic mass is 32.2. The Hall–Kier alpha value is -1.74. The summed E-state index contributed by atoms with van der Waals surface area (Å²) in [6, 6.07) is 1.55. The molecule has 1 N–H and O–H groups in total. The lowest BCUT2D eigenvalue weighted by Crippen LogP contribution is -2.29. The molecular weight excluding hydrogens is 316 g/mol. The van der Waals surface area contributed by atoms with E-state index in [1.807, 2.05) is 6.92 Å². The van der Waals surface area contributed by atoms with Crippen LogP contribution in [0.5, 0.6) is 0 Å². The average Bonchev–Trinajstić information content (AvgIpc) is 2.91. The molecule has 0 spiro atoms. The van der Waals surface area contributed by atoms with Crippen LogP contribution in [0.15, 0.2) is 17.3 Å². The van der Waals surface area contributed by atoms with Crippen LogP contribution in [0.1, 0.15) is 30.4 Å². The number of aromatic amines is 1. The number of rotatable bonds is 4. The lowest BCUT2D eigenvalue weighted by atomic mass is 9.91. The van der Waals surface area contributed by atoms with Crippen molar-refractivity contribution >= 4 is 10.0 Å². The second-order valence-corrected chi connectivity index (χ2v) is 8.42. The Balaban J connectivity index is 1.64. The van der Waals surface area contributed by atoms with Gasteiger partial charge in [0.15, 0.2) is 10.9 Å². The van der Waals surface area contributed by atoms with Crippen LogP contribution in [-0.2, 0) is 17.1 Å². The van der Waals surface area contributed by atoms with Gasteiger partial charge in [0.2, 0.25) is 0 Å². The van der Waals surface area contributed by atoms with Crippen LogP contribution in [0, 0.1) is 18.8 Å². The summed E-state index contributed by atoms with van der Waals surface area (Å²) in [5.41, 5.74) is 0. The third-order valence-electron chi connectivity index (χ3n) is 4.80. The highest BCUT2D eigenvalue weighted by Crippen LogP contribution is 2.47. The quantitative estimate of drug-likeness (QED) is 0.885. The van der Waals surface area contributed by atoms with E-state index in [0.717, 1.165) is 11.6 Å².